The van der Waals surface area contributed by atoms with E-state index in [1.165, 1.54) is 11.8 Å². The van der Waals surface area contributed by atoms with Crippen molar-refractivity contribution >= 4 is 23.6 Å². The third kappa shape index (κ3) is 5.90. The molecule has 2 aromatic carbocycles. The van der Waals surface area contributed by atoms with Crippen LogP contribution >= 0.6 is 0 Å². The van der Waals surface area contributed by atoms with Gasteiger partial charge in [-0.05, 0) is 29.7 Å². The number of nitrogens with zero attached hydrogens (tertiary/aromatic N) is 3. The fraction of sp³-hybridized carbons (Fsp3) is 0.400. The van der Waals surface area contributed by atoms with Crippen LogP contribution in [0.4, 0.5) is 10.5 Å². The first-order valence-corrected chi connectivity index (χ1v) is 11.3. The lowest BCUT2D eigenvalue weighted by molar-refractivity contribution is -0.132. The van der Waals surface area contributed by atoms with Gasteiger partial charge in [0, 0.05) is 45.3 Å². The molecule has 2 aromatic rings. The quantitative estimate of drug-likeness (QED) is 0.732. The molecule has 2 aliphatic rings. The molecule has 0 aromatic heterocycles. The van der Waals surface area contributed by atoms with E-state index in [1.54, 1.807) is 0 Å². The Hall–Kier alpha value is -3.39. The fourth-order valence-corrected chi connectivity index (χ4v) is 4.36. The normalized spacial score (nSPS) is 19.2. The number of benzene rings is 2. The van der Waals surface area contributed by atoms with Crippen molar-refractivity contribution in [3.05, 3.63) is 65.7 Å². The zero-order chi connectivity index (χ0) is 23.2. The summed E-state index contributed by atoms with van der Waals surface area (Å²) in [7, 11) is 0. The molecule has 0 saturated carbocycles. The Balaban J connectivity index is 1.31. The van der Waals surface area contributed by atoms with Gasteiger partial charge in [0.1, 0.15) is 13.2 Å². The van der Waals surface area contributed by atoms with Gasteiger partial charge in [0.05, 0.1) is 6.04 Å². The van der Waals surface area contributed by atoms with E-state index in [1.807, 2.05) is 59.5 Å². The van der Waals surface area contributed by atoms with Crippen LogP contribution in [0.2, 0.25) is 0 Å². The minimum Gasteiger partial charge on any atom is -0.447 e. The lowest BCUT2D eigenvalue weighted by Gasteiger charge is -2.26. The number of carbonyl (C=O) groups is 3. The number of nitrogens with one attached hydrogen (secondary N) is 1. The van der Waals surface area contributed by atoms with Crippen LogP contribution in [-0.2, 0) is 20.9 Å². The van der Waals surface area contributed by atoms with Gasteiger partial charge in [0.25, 0.3) is 0 Å². The molecule has 1 N–H and O–H groups in total. The fourth-order valence-electron chi connectivity index (χ4n) is 4.36. The Morgan fingerprint density at radius 1 is 1.00 bits per heavy atom. The first kappa shape index (κ1) is 22.8. The molecule has 33 heavy (non-hydrogen) atoms. The predicted octanol–water partition coefficient (Wildman–Crippen LogP) is 2.87. The van der Waals surface area contributed by atoms with E-state index in [2.05, 4.69) is 10.2 Å². The van der Waals surface area contributed by atoms with Crippen LogP contribution in [-0.4, -0.2) is 71.9 Å². The van der Waals surface area contributed by atoms with Crippen molar-refractivity contribution < 1.29 is 19.1 Å². The maximum Gasteiger partial charge on any atom is 0.410 e. The molecule has 0 bridgehead atoms. The third-order valence-electron chi connectivity index (χ3n) is 6.09. The molecule has 8 heteroatoms. The van der Waals surface area contributed by atoms with Crippen molar-refractivity contribution in [3.8, 4) is 0 Å². The van der Waals surface area contributed by atoms with Crippen LogP contribution in [0.25, 0.3) is 0 Å². The van der Waals surface area contributed by atoms with Crippen molar-refractivity contribution in [2.24, 2.45) is 0 Å². The first-order valence-electron chi connectivity index (χ1n) is 11.3. The SMILES string of the molecule is CC(=O)Nc1ccc(CN2CCCN(C(=O)CN3C(=O)OCC3c3ccccc3)CC2)cc1. The lowest BCUT2D eigenvalue weighted by Crippen LogP contribution is -2.43. The Bertz CT molecular complexity index is 980. The molecule has 2 saturated heterocycles. The average Bonchev–Trinajstić information content (AvgIpc) is 3.01. The molecule has 0 radical (unpaired) electrons. The topological polar surface area (TPSA) is 82.2 Å². The molecule has 1 atom stereocenters. The van der Waals surface area contributed by atoms with E-state index < -0.39 is 6.09 Å². The van der Waals surface area contributed by atoms with Gasteiger partial charge in [-0.3, -0.25) is 19.4 Å². The molecule has 2 aliphatic heterocycles. The predicted molar refractivity (Wildman–Crippen MR) is 124 cm³/mol. The van der Waals surface area contributed by atoms with Crippen LogP contribution in [0, 0.1) is 0 Å². The van der Waals surface area contributed by atoms with Crippen molar-refractivity contribution in [1.82, 2.24) is 14.7 Å². The number of rotatable bonds is 6. The molecule has 2 fully saturated rings. The third-order valence-corrected chi connectivity index (χ3v) is 6.09. The average molecular weight is 451 g/mol. The van der Waals surface area contributed by atoms with E-state index in [0.29, 0.717) is 13.1 Å². The standard InChI is InChI=1S/C25H30N4O4/c1-19(30)26-22-10-8-20(9-11-22)16-27-12-5-13-28(15-14-27)24(31)17-29-23(18-33-25(29)32)21-6-3-2-4-7-21/h2-4,6-11,23H,5,12-18H2,1H3,(H,26,30). The van der Waals surface area contributed by atoms with Crippen LogP contribution < -0.4 is 5.32 Å². The van der Waals surface area contributed by atoms with E-state index in [4.69, 9.17) is 4.74 Å². The molecular weight excluding hydrogens is 420 g/mol. The number of ether oxygens (including phenoxy) is 1. The minimum atomic E-state index is -0.434. The molecule has 1 unspecified atom stereocenters. The van der Waals surface area contributed by atoms with Gasteiger partial charge < -0.3 is 15.0 Å². The van der Waals surface area contributed by atoms with Crippen LogP contribution in [0.3, 0.4) is 0 Å². The van der Waals surface area contributed by atoms with Crippen LogP contribution in [0.15, 0.2) is 54.6 Å². The lowest BCUT2D eigenvalue weighted by atomic mass is 10.1. The van der Waals surface area contributed by atoms with Gasteiger partial charge in [0.2, 0.25) is 11.8 Å². The van der Waals surface area contributed by atoms with E-state index >= 15 is 0 Å². The summed E-state index contributed by atoms with van der Waals surface area (Å²) < 4.78 is 5.24. The summed E-state index contributed by atoms with van der Waals surface area (Å²) in [5.41, 5.74) is 2.92. The Morgan fingerprint density at radius 2 is 1.76 bits per heavy atom. The zero-order valence-electron chi connectivity index (χ0n) is 18.9. The molecule has 3 amide bonds. The zero-order valence-corrected chi connectivity index (χ0v) is 18.9. The summed E-state index contributed by atoms with van der Waals surface area (Å²) in [5, 5.41) is 2.78. The van der Waals surface area contributed by atoms with E-state index in [-0.39, 0.29) is 31.0 Å². The second-order valence-electron chi connectivity index (χ2n) is 8.52. The van der Waals surface area contributed by atoms with E-state index in [9.17, 15) is 14.4 Å². The molecule has 174 valence electrons. The molecule has 4 rings (SSSR count). The number of carbonyl (C=O) groups excluding carboxylic acids is 3. The number of amides is 3. The van der Waals surface area contributed by atoms with Crippen LogP contribution in [0.5, 0.6) is 0 Å². The Labute approximate surface area is 194 Å². The number of hydrogen-bond acceptors (Lipinski definition) is 5. The van der Waals surface area contributed by atoms with E-state index in [0.717, 1.165) is 42.9 Å². The second kappa shape index (κ2) is 10.5. The second-order valence-corrected chi connectivity index (χ2v) is 8.52. The first-order chi connectivity index (χ1) is 16.0. The highest BCUT2D eigenvalue weighted by atomic mass is 16.6. The summed E-state index contributed by atoms with van der Waals surface area (Å²) >= 11 is 0. The van der Waals surface area contributed by atoms with Crippen molar-refractivity contribution in [2.75, 3.05) is 44.6 Å². The number of cyclic esters (lactones) is 1. The van der Waals surface area contributed by atoms with Gasteiger partial charge >= 0.3 is 6.09 Å². The van der Waals surface area contributed by atoms with Crippen molar-refractivity contribution in [3.63, 3.8) is 0 Å². The molecule has 0 aliphatic carbocycles. The summed E-state index contributed by atoms with van der Waals surface area (Å²) in [6.07, 6.45) is 0.443. The largest absolute Gasteiger partial charge is 0.447 e. The number of anilines is 1. The molecule has 0 spiro atoms. The summed E-state index contributed by atoms with van der Waals surface area (Å²) in [5.74, 6) is -0.131. The highest BCUT2D eigenvalue weighted by Crippen LogP contribution is 2.27. The molecular formula is C25H30N4O4. The summed E-state index contributed by atoms with van der Waals surface area (Å²) in [6, 6.07) is 17.3. The van der Waals surface area contributed by atoms with Gasteiger partial charge in [-0.15, -0.1) is 0 Å². The van der Waals surface area contributed by atoms with Gasteiger partial charge in [-0.25, -0.2) is 4.79 Å². The maximum atomic E-state index is 13.0. The summed E-state index contributed by atoms with van der Waals surface area (Å²) in [6.45, 7) is 5.55. The smallest absolute Gasteiger partial charge is 0.410 e. The van der Waals surface area contributed by atoms with Crippen molar-refractivity contribution in [2.45, 2.75) is 25.9 Å². The van der Waals surface area contributed by atoms with Gasteiger partial charge in [-0.2, -0.15) is 0 Å². The summed E-state index contributed by atoms with van der Waals surface area (Å²) in [4.78, 5) is 42.2. The van der Waals surface area contributed by atoms with Crippen molar-refractivity contribution in [1.29, 1.82) is 0 Å². The minimum absolute atomic E-state index is 0.0308. The maximum absolute atomic E-state index is 13.0. The monoisotopic (exact) mass is 450 g/mol. The Kier molecular flexibility index (Phi) is 7.24. The highest BCUT2D eigenvalue weighted by Gasteiger charge is 2.36. The van der Waals surface area contributed by atoms with Gasteiger partial charge in [0.15, 0.2) is 0 Å². The Morgan fingerprint density at radius 3 is 2.48 bits per heavy atom. The molecule has 2 heterocycles. The van der Waals surface area contributed by atoms with Gasteiger partial charge in [-0.1, -0.05) is 42.5 Å². The molecule has 8 nitrogen and oxygen atoms in total. The van der Waals surface area contributed by atoms with Crippen LogP contribution in [0.1, 0.15) is 30.5 Å². The highest BCUT2D eigenvalue weighted by molar-refractivity contribution is 5.88. The number of hydrogen-bond donors (Lipinski definition) is 1.